The largest absolute Gasteiger partial charge is 0.378 e. The molecule has 4 nitrogen and oxygen atoms in total. The minimum absolute atomic E-state index is 0.145. The molecule has 20 heavy (non-hydrogen) atoms. The highest BCUT2D eigenvalue weighted by Gasteiger charge is 2.18. The van der Waals surface area contributed by atoms with Crippen LogP contribution in [-0.4, -0.2) is 49.7 Å². The van der Waals surface area contributed by atoms with E-state index < -0.39 is 0 Å². The van der Waals surface area contributed by atoms with Crippen LogP contribution in [0.1, 0.15) is 58.8 Å². The van der Waals surface area contributed by atoms with Crippen molar-refractivity contribution in [3.8, 4) is 0 Å². The van der Waals surface area contributed by atoms with Crippen LogP contribution in [0.3, 0.4) is 0 Å². The van der Waals surface area contributed by atoms with E-state index in [-0.39, 0.29) is 5.91 Å². The molecule has 0 aromatic heterocycles. The van der Waals surface area contributed by atoms with Gasteiger partial charge < -0.3 is 15.0 Å². The summed E-state index contributed by atoms with van der Waals surface area (Å²) >= 11 is 0. The molecule has 0 unspecified atom stereocenters. The first-order chi connectivity index (χ1) is 9.65. The molecule has 1 saturated heterocycles. The van der Waals surface area contributed by atoms with Crippen LogP contribution < -0.4 is 5.32 Å². The highest BCUT2D eigenvalue weighted by Crippen LogP contribution is 2.10. The average Bonchev–Trinajstić information content (AvgIpc) is 2.42. The fourth-order valence-electron chi connectivity index (χ4n) is 2.73. The minimum Gasteiger partial charge on any atom is -0.378 e. The van der Waals surface area contributed by atoms with Crippen LogP contribution in [0.5, 0.6) is 0 Å². The first kappa shape index (κ1) is 17.4. The molecule has 1 rings (SSSR count). The summed E-state index contributed by atoms with van der Waals surface area (Å²) in [6.07, 6.45) is 7.46. The maximum atomic E-state index is 11.9. The lowest BCUT2D eigenvalue weighted by Crippen LogP contribution is -2.43. The van der Waals surface area contributed by atoms with Crippen LogP contribution in [0.15, 0.2) is 0 Å². The van der Waals surface area contributed by atoms with Crippen molar-refractivity contribution < 1.29 is 9.53 Å². The van der Waals surface area contributed by atoms with Crippen LogP contribution in [0.25, 0.3) is 0 Å². The number of likely N-dealkylation sites (tertiary alicyclic amines) is 1. The van der Waals surface area contributed by atoms with Gasteiger partial charge in [-0.25, -0.2) is 0 Å². The maximum Gasteiger partial charge on any atom is 0.222 e. The molecule has 0 spiro atoms. The molecule has 0 atom stereocenters. The van der Waals surface area contributed by atoms with Crippen LogP contribution >= 0.6 is 0 Å². The summed E-state index contributed by atoms with van der Waals surface area (Å²) in [7, 11) is 2.13. The second kappa shape index (κ2) is 10.2. The van der Waals surface area contributed by atoms with Crippen molar-refractivity contribution >= 4 is 5.91 Å². The van der Waals surface area contributed by atoms with Gasteiger partial charge in [-0.05, 0) is 45.8 Å². The molecular formula is C16H32N2O2. The summed E-state index contributed by atoms with van der Waals surface area (Å²) in [4.78, 5) is 14.2. The molecular weight excluding hydrogens is 252 g/mol. The van der Waals surface area contributed by atoms with Gasteiger partial charge >= 0.3 is 0 Å². The van der Waals surface area contributed by atoms with E-state index in [1.807, 2.05) is 0 Å². The smallest absolute Gasteiger partial charge is 0.222 e. The van der Waals surface area contributed by atoms with Crippen molar-refractivity contribution in [1.29, 1.82) is 0 Å². The van der Waals surface area contributed by atoms with E-state index in [4.69, 9.17) is 4.74 Å². The van der Waals surface area contributed by atoms with Crippen molar-refractivity contribution in [2.24, 2.45) is 0 Å². The van der Waals surface area contributed by atoms with Gasteiger partial charge in [0, 0.05) is 12.5 Å². The first-order valence-corrected chi connectivity index (χ1v) is 8.25. The number of amides is 1. The first-order valence-electron chi connectivity index (χ1n) is 8.25. The topological polar surface area (TPSA) is 41.6 Å². The highest BCUT2D eigenvalue weighted by molar-refractivity contribution is 5.76. The van der Waals surface area contributed by atoms with Gasteiger partial charge in [0.2, 0.25) is 5.91 Å². The zero-order valence-corrected chi connectivity index (χ0v) is 13.5. The van der Waals surface area contributed by atoms with E-state index in [1.165, 1.54) is 0 Å². The molecule has 1 aliphatic rings. The summed E-state index contributed by atoms with van der Waals surface area (Å²) in [6, 6.07) is 0.362. The molecule has 0 saturated carbocycles. The maximum absolute atomic E-state index is 11.9. The van der Waals surface area contributed by atoms with Crippen LogP contribution in [-0.2, 0) is 9.53 Å². The molecule has 0 radical (unpaired) electrons. The quantitative estimate of drug-likeness (QED) is 0.707. The van der Waals surface area contributed by atoms with Crippen molar-refractivity contribution in [3.05, 3.63) is 0 Å². The Hall–Kier alpha value is -0.610. The van der Waals surface area contributed by atoms with Gasteiger partial charge in [0.15, 0.2) is 0 Å². The van der Waals surface area contributed by atoms with E-state index >= 15 is 0 Å². The van der Waals surface area contributed by atoms with Gasteiger partial charge in [-0.2, -0.15) is 0 Å². The van der Waals surface area contributed by atoms with E-state index in [9.17, 15) is 4.79 Å². The minimum atomic E-state index is 0.145. The second-order valence-electron chi connectivity index (χ2n) is 5.97. The molecule has 118 valence electrons. The zero-order valence-electron chi connectivity index (χ0n) is 13.5. The Morgan fingerprint density at radius 3 is 2.40 bits per heavy atom. The fourth-order valence-corrected chi connectivity index (χ4v) is 2.73. The number of nitrogens with one attached hydrogen (secondary N) is 1. The third-order valence-electron chi connectivity index (χ3n) is 3.99. The number of hydrogen-bond acceptors (Lipinski definition) is 3. The Labute approximate surface area is 124 Å². The molecule has 0 bridgehead atoms. The Kier molecular flexibility index (Phi) is 8.86. The summed E-state index contributed by atoms with van der Waals surface area (Å²) < 4.78 is 5.83. The molecule has 1 aliphatic heterocycles. The number of ether oxygens (including phenoxy) is 1. The number of piperidine rings is 1. The standard InChI is InChI=1S/C16H32N2O2/c1-4-6-15(7-5-2)20-13-10-16(19)17-14-8-11-18(3)12-9-14/h14-15H,4-13H2,1-3H3,(H,17,19). The SMILES string of the molecule is CCCC(CCC)OCCC(=O)NC1CCN(C)CC1. The van der Waals surface area contributed by atoms with Crippen molar-refractivity contribution in [1.82, 2.24) is 10.2 Å². The molecule has 0 aromatic carbocycles. The zero-order chi connectivity index (χ0) is 14.8. The predicted octanol–water partition coefficient (Wildman–Crippen LogP) is 2.57. The van der Waals surface area contributed by atoms with Crippen molar-refractivity contribution in [2.45, 2.75) is 70.9 Å². The summed E-state index contributed by atoms with van der Waals surface area (Å²) in [5.41, 5.74) is 0. The normalized spacial score (nSPS) is 17.6. The van der Waals surface area contributed by atoms with E-state index in [0.29, 0.717) is 25.2 Å². The van der Waals surface area contributed by atoms with Crippen molar-refractivity contribution in [3.63, 3.8) is 0 Å². The number of rotatable bonds is 9. The summed E-state index contributed by atoms with van der Waals surface area (Å²) in [6.45, 7) is 7.08. The third-order valence-corrected chi connectivity index (χ3v) is 3.99. The van der Waals surface area contributed by atoms with Gasteiger partial charge in [0.1, 0.15) is 0 Å². The Bertz CT molecular complexity index is 257. The molecule has 0 aliphatic carbocycles. The monoisotopic (exact) mass is 284 g/mol. The second-order valence-corrected chi connectivity index (χ2v) is 5.97. The van der Waals surface area contributed by atoms with Gasteiger partial charge in [0.25, 0.3) is 0 Å². The van der Waals surface area contributed by atoms with Gasteiger partial charge in [0.05, 0.1) is 12.7 Å². The number of hydrogen-bond donors (Lipinski definition) is 1. The average molecular weight is 284 g/mol. The Morgan fingerprint density at radius 1 is 1.25 bits per heavy atom. The number of nitrogens with zero attached hydrogens (tertiary/aromatic N) is 1. The van der Waals surface area contributed by atoms with Gasteiger partial charge in [-0.1, -0.05) is 26.7 Å². The number of carbonyl (C=O) groups is 1. The van der Waals surface area contributed by atoms with Gasteiger partial charge in [-0.15, -0.1) is 0 Å². The predicted molar refractivity (Wildman–Crippen MR) is 82.8 cm³/mol. The highest BCUT2D eigenvalue weighted by atomic mass is 16.5. The van der Waals surface area contributed by atoms with Crippen LogP contribution in [0.2, 0.25) is 0 Å². The molecule has 1 N–H and O–H groups in total. The number of carbonyl (C=O) groups excluding carboxylic acids is 1. The molecule has 1 heterocycles. The molecule has 4 heteroatoms. The Balaban J connectivity index is 2.12. The van der Waals surface area contributed by atoms with E-state index in [0.717, 1.165) is 51.6 Å². The van der Waals surface area contributed by atoms with Crippen molar-refractivity contribution in [2.75, 3.05) is 26.7 Å². The van der Waals surface area contributed by atoms with Gasteiger partial charge in [-0.3, -0.25) is 4.79 Å². The lowest BCUT2D eigenvalue weighted by atomic mass is 10.1. The van der Waals surface area contributed by atoms with E-state index in [1.54, 1.807) is 0 Å². The van der Waals surface area contributed by atoms with Crippen LogP contribution in [0.4, 0.5) is 0 Å². The molecule has 1 amide bonds. The fraction of sp³-hybridized carbons (Fsp3) is 0.938. The lowest BCUT2D eigenvalue weighted by Gasteiger charge is -2.29. The molecule has 0 aromatic rings. The summed E-state index contributed by atoms with van der Waals surface area (Å²) in [5, 5.41) is 3.13. The van der Waals surface area contributed by atoms with Crippen LogP contribution in [0, 0.1) is 0 Å². The van der Waals surface area contributed by atoms with E-state index in [2.05, 4.69) is 31.1 Å². The summed E-state index contributed by atoms with van der Waals surface area (Å²) in [5.74, 6) is 0.145. The Morgan fingerprint density at radius 2 is 1.85 bits per heavy atom. The molecule has 1 fully saturated rings. The lowest BCUT2D eigenvalue weighted by molar-refractivity contribution is -0.123. The third kappa shape index (κ3) is 7.25.